The van der Waals surface area contributed by atoms with E-state index in [0.717, 1.165) is 29.0 Å². The molecular weight excluding hydrogens is 260 g/mol. The molecule has 0 saturated heterocycles. The monoisotopic (exact) mass is 276 g/mol. The van der Waals surface area contributed by atoms with E-state index in [1.54, 1.807) is 7.11 Å². The Morgan fingerprint density at radius 3 is 2.42 bits per heavy atom. The quantitative estimate of drug-likeness (QED) is 0.576. The lowest BCUT2D eigenvalue weighted by atomic mass is 10.1. The minimum absolute atomic E-state index is 0.595. The average Bonchev–Trinajstić information content (AvgIpc) is 2.48. The highest BCUT2D eigenvalue weighted by atomic mass is 35.5. The zero-order valence-electron chi connectivity index (χ0n) is 10.9. The molecule has 0 N–H and O–H groups in total. The number of rotatable bonds is 6. The maximum Gasteiger partial charge on any atom is 0.161 e. The number of methoxy groups -OCH3 is 1. The predicted octanol–water partition coefficient (Wildman–Crippen LogP) is 4.37. The van der Waals surface area contributed by atoms with Crippen molar-refractivity contribution in [2.45, 2.75) is 6.42 Å². The molecule has 0 aliphatic carbocycles. The molecule has 3 heteroatoms. The summed E-state index contributed by atoms with van der Waals surface area (Å²) in [4.78, 5) is 0. The van der Waals surface area contributed by atoms with Gasteiger partial charge in [-0.05, 0) is 29.7 Å². The Morgan fingerprint density at radius 2 is 1.74 bits per heavy atom. The summed E-state index contributed by atoms with van der Waals surface area (Å²) >= 11 is 5.66. The van der Waals surface area contributed by atoms with Crippen molar-refractivity contribution < 1.29 is 9.47 Å². The van der Waals surface area contributed by atoms with E-state index in [2.05, 4.69) is 12.1 Å². The molecule has 2 nitrogen and oxygen atoms in total. The summed E-state index contributed by atoms with van der Waals surface area (Å²) in [5.41, 5.74) is 2.27. The van der Waals surface area contributed by atoms with Gasteiger partial charge < -0.3 is 9.47 Å². The molecule has 19 heavy (non-hydrogen) atoms. The lowest BCUT2D eigenvalue weighted by Crippen LogP contribution is -2.00. The van der Waals surface area contributed by atoms with Crippen molar-refractivity contribution in [3.05, 3.63) is 48.5 Å². The number of alkyl halides is 1. The van der Waals surface area contributed by atoms with Crippen molar-refractivity contribution in [3.8, 4) is 22.6 Å². The minimum atomic E-state index is 0.595. The zero-order valence-corrected chi connectivity index (χ0v) is 11.7. The second-order valence-corrected chi connectivity index (χ2v) is 4.50. The van der Waals surface area contributed by atoms with Crippen LogP contribution >= 0.6 is 11.6 Å². The zero-order chi connectivity index (χ0) is 13.5. The van der Waals surface area contributed by atoms with E-state index in [1.165, 1.54) is 0 Å². The minimum Gasteiger partial charge on any atom is -0.493 e. The molecule has 0 aromatic heterocycles. The summed E-state index contributed by atoms with van der Waals surface area (Å²) in [6.07, 6.45) is 0.820. The third kappa shape index (κ3) is 3.65. The van der Waals surface area contributed by atoms with Gasteiger partial charge in [-0.25, -0.2) is 0 Å². The number of ether oxygens (including phenoxy) is 2. The number of halogens is 1. The Hall–Kier alpha value is -1.67. The molecule has 0 unspecified atom stereocenters. The van der Waals surface area contributed by atoms with E-state index in [4.69, 9.17) is 21.1 Å². The Bertz CT molecular complexity index is 511. The van der Waals surface area contributed by atoms with Gasteiger partial charge in [0.15, 0.2) is 11.5 Å². The van der Waals surface area contributed by atoms with Crippen molar-refractivity contribution in [1.29, 1.82) is 0 Å². The molecule has 0 radical (unpaired) electrons. The molecule has 0 saturated carbocycles. The fraction of sp³-hybridized carbons (Fsp3) is 0.250. The van der Waals surface area contributed by atoms with E-state index in [1.807, 2.05) is 36.4 Å². The first-order chi connectivity index (χ1) is 9.35. The van der Waals surface area contributed by atoms with Crippen molar-refractivity contribution in [1.82, 2.24) is 0 Å². The summed E-state index contributed by atoms with van der Waals surface area (Å²) in [7, 11) is 1.64. The molecule has 2 aromatic carbocycles. The number of hydrogen-bond donors (Lipinski definition) is 0. The fourth-order valence-electron chi connectivity index (χ4n) is 1.84. The van der Waals surface area contributed by atoms with Crippen LogP contribution in [0.4, 0.5) is 0 Å². The van der Waals surface area contributed by atoms with Gasteiger partial charge in [0.1, 0.15) is 0 Å². The lowest BCUT2D eigenvalue weighted by Gasteiger charge is -2.12. The highest BCUT2D eigenvalue weighted by Gasteiger charge is 2.06. The second kappa shape index (κ2) is 7.05. The summed E-state index contributed by atoms with van der Waals surface area (Å²) in [5, 5.41) is 0. The standard InChI is InChI=1S/C16H17ClO2/c1-18-15-9-8-14(13-6-3-2-4-7-13)12-16(15)19-11-5-10-17/h2-4,6-9,12H,5,10-11H2,1H3. The number of benzene rings is 2. The highest BCUT2D eigenvalue weighted by molar-refractivity contribution is 6.17. The van der Waals surface area contributed by atoms with E-state index >= 15 is 0 Å². The van der Waals surface area contributed by atoms with Gasteiger partial charge in [0.05, 0.1) is 13.7 Å². The van der Waals surface area contributed by atoms with Crippen LogP contribution in [-0.4, -0.2) is 19.6 Å². The molecule has 0 bridgehead atoms. The highest BCUT2D eigenvalue weighted by Crippen LogP contribution is 2.32. The van der Waals surface area contributed by atoms with Gasteiger partial charge in [0, 0.05) is 5.88 Å². The number of hydrogen-bond acceptors (Lipinski definition) is 2. The molecular formula is C16H17ClO2. The van der Waals surface area contributed by atoms with Gasteiger partial charge >= 0.3 is 0 Å². The smallest absolute Gasteiger partial charge is 0.161 e. The van der Waals surface area contributed by atoms with Crippen molar-refractivity contribution in [3.63, 3.8) is 0 Å². The SMILES string of the molecule is COc1ccc(-c2ccccc2)cc1OCCCCl. The molecule has 100 valence electrons. The summed E-state index contributed by atoms with van der Waals surface area (Å²) in [6, 6.07) is 16.2. The molecule has 2 aromatic rings. The van der Waals surface area contributed by atoms with Gasteiger partial charge in [0.25, 0.3) is 0 Å². The van der Waals surface area contributed by atoms with E-state index in [-0.39, 0.29) is 0 Å². The van der Waals surface area contributed by atoms with Gasteiger partial charge in [-0.2, -0.15) is 0 Å². The van der Waals surface area contributed by atoms with Crippen LogP contribution in [0.1, 0.15) is 6.42 Å². The molecule has 0 atom stereocenters. The maximum absolute atomic E-state index is 5.72. The Kier molecular flexibility index (Phi) is 5.10. The van der Waals surface area contributed by atoms with Crippen molar-refractivity contribution >= 4 is 11.6 Å². The van der Waals surface area contributed by atoms with E-state index in [9.17, 15) is 0 Å². The second-order valence-electron chi connectivity index (χ2n) is 4.12. The topological polar surface area (TPSA) is 18.5 Å². The maximum atomic E-state index is 5.72. The Balaban J connectivity index is 2.25. The average molecular weight is 277 g/mol. The van der Waals surface area contributed by atoms with Crippen LogP contribution in [0, 0.1) is 0 Å². The van der Waals surface area contributed by atoms with Crippen LogP contribution in [0.5, 0.6) is 11.5 Å². The molecule has 0 spiro atoms. The summed E-state index contributed by atoms with van der Waals surface area (Å²) in [5.74, 6) is 2.10. The molecule has 0 aliphatic heterocycles. The van der Waals surface area contributed by atoms with Crippen molar-refractivity contribution in [2.24, 2.45) is 0 Å². The van der Waals surface area contributed by atoms with Crippen LogP contribution in [-0.2, 0) is 0 Å². The van der Waals surface area contributed by atoms with Crippen LogP contribution < -0.4 is 9.47 Å². The Labute approximate surface area is 118 Å². The Morgan fingerprint density at radius 1 is 0.947 bits per heavy atom. The molecule has 0 amide bonds. The molecule has 0 aliphatic rings. The van der Waals surface area contributed by atoms with Gasteiger partial charge in [0.2, 0.25) is 0 Å². The third-order valence-corrected chi connectivity index (χ3v) is 3.07. The van der Waals surface area contributed by atoms with Crippen LogP contribution in [0.25, 0.3) is 11.1 Å². The van der Waals surface area contributed by atoms with Gasteiger partial charge in [-0.3, -0.25) is 0 Å². The normalized spacial score (nSPS) is 10.2. The molecule has 0 fully saturated rings. The fourth-order valence-corrected chi connectivity index (χ4v) is 1.95. The van der Waals surface area contributed by atoms with Gasteiger partial charge in [-0.15, -0.1) is 11.6 Å². The van der Waals surface area contributed by atoms with E-state index in [0.29, 0.717) is 12.5 Å². The predicted molar refractivity (Wildman–Crippen MR) is 79.3 cm³/mol. The largest absolute Gasteiger partial charge is 0.493 e. The van der Waals surface area contributed by atoms with Gasteiger partial charge in [-0.1, -0.05) is 36.4 Å². The van der Waals surface area contributed by atoms with Crippen LogP contribution in [0.2, 0.25) is 0 Å². The third-order valence-electron chi connectivity index (χ3n) is 2.81. The first-order valence-electron chi connectivity index (χ1n) is 6.27. The first kappa shape index (κ1) is 13.8. The first-order valence-corrected chi connectivity index (χ1v) is 6.81. The van der Waals surface area contributed by atoms with Crippen LogP contribution in [0.3, 0.4) is 0 Å². The summed E-state index contributed by atoms with van der Waals surface area (Å²) < 4.78 is 11.0. The van der Waals surface area contributed by atoms with E-state index < -0.39 is 0 Å². The lowest BCUT2D eigenvalue weighted by molar-refractivity contribution is 0.295. The molecule has 0 heterocycles. The van der Waals surface area contributed by atoms with Crippen LogP contribution in [0.15, 0.2) is 48.5 Å². The van der Waals surface area contributed by atoms with Crippen molar-refractivity contribution in [2.75, 3.05) is 19.6 Å². The summed E-state index contributed by atoms with van der Waals surface area (Å²) in [6.45, 7) is 0.595. The molecule has 2 rings (SSSR count).